The van der Waals surface area contributed by atoms with E-state index in [1.807, 2.05) is 36.4 Å². The van der Waals surface area contributed by atoms with Crippen molar-refractivity contribution in [1.29, 1.82) is 0 Å². The fourth-order valence-electron chi connectivity index (χ4n) is 2.41. The van der Waals surface area contributed by atoms with Crippen LogP contribution in [0.2, 0.25) is 0 Å². The highest BCUT2D eigenvalue weighted by molar-refractivity contribution is 5.89. The second-order valence-electron chi connectivity index (χ2n) is 5.43. The number of likely N-dealkylation sites (N-methyl/N-ethyl adjacent to an activating group) is 1. The fourth-order valence-corrected chi connectivity index (χ4v) is 2.41. The van der Waals surface area contributed by atoms with Crippen LogP contribution < -0.4 is 5.32 Å². The van der Waals surface area contributed by atoms with Crippen LogP contribution in [0.1, 0.15) is 0 Å². The molecule has 0 saturated carbocycles. The van der Waals surface area contributed by atoms with Gasteiger partial charge < -0.3 is 24.1 Å². The number of amides is 2. The number of carbonyl (C=O) groups excluding carboxylic acids is 1. The smallest absolute Gasteiger partial charge is 0.321 e. The Labute approximate surface area is 135 Å². The highest BCUT2D eigenvalue weighted by Gasteiger charge is 2.19. The number of rotatable bonds is 4. The molecule has 1 N–H and O–H groups in total. The van der Waals surface area contributed by atoms with Gasteiger partial charge in [-0.15, -0.1) is 0 Å². The van der Waals surface area contributed by atoms with E-state index in [-0.39, 0.29) is 12.1 Å². The summed E-state index contributed by atoms with van der Waals surface area (Å²) in [6.45, 7) is 2.22. The van der Waals surface area contributed by atoms with Crippen LogP contribution in [-0.2, 0) is 9.47 Å². The van der Waals surface area contributed by atoms with E-state index in [0.717, 1.165) is 17.0 Å². The first-order valence-electron chi connectivity index (χ1n) is 7.58. The third-order valence-electron chi connectivity index (χ3n) is 3.65. The molecule has 1 saturated heterocycles. The highest BCUT2D eigenvalue weighted by Crippen LogP contribution is 2.21. The molecule has 0 unspecified atom stereocenters. The Morgan fingerprint density at radius 3 is 2.74 bits per heavy atom. The van der Waals surface area contributed by atoms with Crippen molar-refractivity contribution in [3.63, 3.8) is 0 Å². The second kappa shape index (κ2) is 7.30. The standard InChI is InChI=1S/C17H20N2O4/c1-19(11-15-12-21-9-10-22-15)17(20)18-14-6-4-13(5-7-14)16-3-2-8-23-16/h2-8,15H,9-12H2,1H3,(H,18,20)/t15-/m0/s1. The van der Waals surface area contributed by atoms with Crippen molar-refractivity contribution >= 4 is 11.7 Å². The molecule has 6 heteroatoms. The Hall–Kier alpha value is -2.31. The Bertz CT molecular complexity index is 619. The maximum atomic E-state index is 12.2. The van der Waals surface area contributed by atoms with Gasteiger partial charge in [-0.05, 0) is 36.4 Å². The lowest BCUT2D eigenvalue weighted by Gasteiger charge is -2.27. The third-order valence-corrected chi connectivity index (χ3v) is 3.65. The zero-order chi connectivity index (χ0) is 16.1. The van der Waals surface area contributed by atoms with Crippen LogP contribution in [0.5, 0.6) is 0 Å². The van der Waals surface area contributed by atoms with Gasteiger partial charge in [-0.25, -0.2) is 4.79 Å². The maximum Gasteiger partial charge on any atom is 0.321 e. The molecule has 1 aliphatic heterocycles. The first-order valence-corrected chi connectivity index (χ1v) is 7.58. The fraction of sp³-hybridized carbons (Fsp3) is 0.353. The number of nitrogens with one attached hydrogen (secondary N) is 1. The lowest BCUT2D eigenvalue weighted by atomic mass is 10.1. The molecule has 0 radical (unpaired) electrons. The quantitative estimate of drug-likeness (QED) is 0.942. The number of carbonyl (C=O) groups is 1. The summed E-state index contributed by atoms with van der Waals surface area (Å²) in [4.78, 5) is 13.8. The van der Waals surface area contributed by atoms with E-state index in [9.17, 15) is 4.79 Å². The average Bonchev–Trinajstić information content (AvgIpc) is 3.11. The molecule has 1 aromatic carbocycles. The van der Waals surface area contributed by atoms with Crippen LogP contribution in [0.15, 0.2) is 47.1 Å². The van der Waals surface area contributed by atoms with E-state index in [4.69, 9.17) is 13.9 Å². The van der Waals surface area contributed by atoms with Crippen molar-refractivity contribution < 1.29 is 18.7 Å². The van der Waals surface area contributed by atoms with Crippen molar-refractivity contribution in [2.45, 2.75) is 6.10 Å². The summed E-state index contributed by atoms with van der Waals surface area (Å²) in [7, 11) is 1.74. The lowest BCUT2D eigenvalue weighted by molar-refractivity contribution is -0.0925. The molecule has 2 aromatic rings. The topological polar surface area (TPSA) is 63.9 Å². The number of benzene rings is 1. The van der Waals surface area contributed by atoms with Crippen molar-refractivity contribution in [2.24, 2.45) is 0 Å². The molecule has 0 spiro atoms. The summed E-state index contributed by atoms with van der Waals surface area (Å²) < 4.78 is 16.2. The molecule has 3 rings (SSSR count). The number of hydrogen-bond acceptors (Lipinski definition) is 4. The predicted octanol–water partition coefficient (Wildman–Crippen LogP) is 2.83. The molecule has 2 amide bonds. The molecule has 1 fully saturated rings. The number of anilines is 1. The molecule has 1 aliphatic rings. The van der Waals surface area contributed by atoms with Gasteiger partial charge in [0.25, 0.3) is 0 Å². The van der Waals surface area contributed by atoms with E-state index in [0.29, 0.717) is 26.4 Å². The average molecular weight is 316 g/mol. The minimum absolute atomic E-state index is 0.0687. The number of ether oxygens (including phenoxy) is 2. The van der Waals surface area contributed by atoms with Gasteiger partial charge in [0, 0.05) is 18.3 Å². The van der Waals surface area contributed by atoms with Crippen LogP contribution >= 0.6 is 0 Å². The van der Waals surface area contributed by atoms with Gasteiger partial charge in [0.05, 0.1) is 38.7 Å². The van der Waals surface area contributed by atoms with Crippen LogP contribution in [0.3, 0.4) is 0 Å². The molecule has 0 aliphatic carbocycles. The lowest BCUT2D eigenvalue weighted by Crippen LogP contribution is -2.42. The van der Waals surface area contributed by atoms with Gasteiger partial charge in [-0.1, -0.05) is 0 Å². The largest absolute Gasteiger partial charge is 0.464 e. The molecule has 1 atom stereocenters. The molecule has 122 valence electrons. The second-order valence-corrected chi connectivity index (χ2v) is 5.43. The van der Waals surface area contributed by atoms with E-state index in [1.165, 1.54) is 0 Å². The van der Waals surface area contributed by atoms with Gasteiger partial charge in [0.2, 0.25) is 0 Å². The van der Waals surface area contributed by atoms with E-state index in [2.05, 4.69) is 5.32 Å². The number of nitrogens with zero attached hydrogens (tertiary/aromatic N) is 1. The first kappa shape index (κ1) is 15.6. The van der Waals surface area contributed by atoms with Crippen LogP contribution in [0.4, 0.5) is 10.5 Å². The molecule has 2 heterocycles. The minimum atomic E-state index is -0.176. The van der Waals surface area contributed by atoms with Crippen molar-refractivity contribution in [3.05, 3.63) is 42.7 Å². The van der Waals surface area contributed by atoms with E-state index in [1.54, 1.807) is 18.2 Å². The van der Waals surface area contributed by atoms with Gasteiger partial charge >= 0.3 is 6.03 Å². The van der Waals surface area contributed by atoms with Gasteiger partial charge in [0.15, 0.2) is 0 Å². The van der Waals surface area contributed by atoms with Crippen molar-refractivity contribution in [1.82, 2.24) is 4.90 Å². The van der Waals surface area contributed by atoms with Gasteiger partial charge in [0.1, 0.15) is 5.76 Å². The van der Waals surface area contributed by atoms with Crippen LogP contribution in [0.25, 0.3) is 11.3 Å². The maximum absolute atomic E-state index is 12.2. The van der Waals surface area contributed by atoms with Gasteiger partial charge in [-0.3, -0.25) is 0 Å². The summed E-state index contributed by atoms with van der Waals surface area (Å²) >= 11 is 0. The summed E-state index contributed by atoms with van der Waals surface area (Å²) in [5.74, 6) is 0.800. The number of furan rings is 1. The summed E-state index contributed by atoms with van der Waals surface area (Å²) in [5.41, 5.74) is 1.70. The summed E-state index contributed by atoms with van der Waals surface area (Å²) in [6, 6.07) is 11.1. The van der Waals surface area contributed by atoms with E-state index >= 15 is 0 Å². The Balaban J connectivity index is 1.54. The Kier molecular flexibility index (Phi) is 4.95. The summed E-state index contributed by atoms with van der Waals surface area (Å²) in [5, 5.41) is 2.86. The predicted molar refractivity (Wildman–Crippen MR) is 86.4 cm³/mol. The Morgan fingerprint density at radius 2 is 2.09 bits per heavy atom. The van der Waals surface area contributed by atoms with Crippen LogP contribution in [0, 0.1) is 0 Å². The van der Waals surface area contributed by atoms with Crippen molar-refractivity contribution in [2.75, 3.05) is 38.7 Å². The van der Waals surface area contributed by atoms with Crippen LogP contribution in [-0.4, -0.2) is 50.4 Å². The third kappa shape index (κ3) is 4.12. The van der Waals surface area contributed by atoms with Crippen molar-refractivity contribution in [3.8, 4) is 11.3 Å². The first-order chi connectivity index (χ1) is 11.2. The highest BCUT2D eigenvalue weighted by atomic mass is 16.6. The molecular weight excluding hydrogens is 296 g/mol. The number of urea groups is 1. The zero-order valence-corrected chi connectivity index (χ0v) is 13.0. The zero-order valence-electron chi connectivity index (χ0n) is 13.0. The molecule has 23 heavy (non-hydrogen) atoms. The Morgan fingerprint density at radius 1 is 1.26 bits per heavy atom. The van der Waals surface area contributed by atoms with Gasteiger partial charge in [-0.2, -0.15) is 0 Å². The normalized spacial score (nSPS) is 17.7. The summed E-state index contributed by atoms with van der Waals surface area (Å²) in [6.07, 6.45) is 1.57. The SMILES string of the molecule is CN(C[C@H]1COCCO1)C(=O)Nc1ccc(-c2ccco2)cc1. The molecule has 0 bridgehead atoms. The molecule has 1 aromatic heterocycles. The van der Waals surface area contributed by atoms with E-state index < -0.39 is 0 Å². The molecular formula is C17H20N2O4. The monoisotopic (exact) mass is 316 g/mol. The number of hydrogen-bond donors (Lipinski definition) is 1. The molecule has 6 nitrogen and oxygen atoms in total. The minimum Gasteiger partial charge on any atom is -0.464 e.